The fourth-order valence-corrected chi connectivity index (χ4v) is 6.97. The van der Waals surface area contributed by atoms with Crippen LogP contribution in [0.25, 0.3) is 0 Å². The van der Waals surface area contributed by atoms with Crippen LogP contribution in [0.4, 0.5) is 0 Å². The normalized spacial score (nSPS) is 13.8. The van der Waals surface area contributed by atoms with Crippen molar-refractivity contribution in [2.45, 2.75) is 213 Å². The smallest absolute Gasteiger partial charge is 0.472 e. The first-order valence-corrected chi connectivity index (χ1v) is 23.5. The van der Waals surface area contributed by atoms with E-state index in [0.29, 0.717) is 17.4 Å². The number of nitrogens with zero attached hydrogens (tertiary/aromatic N) is 1. The Bertz CT molecular complexity index is 848. The van der Waals surface area contributed by atoms with Crippen molar-refractivity contribution in [1.29, 1.82) is 0 Å². The molecule has 0 saturated carbocycles. The summed E-state index contributed by atoms with van der Waals surface area (Å²) >= 11 is 0. The van der Waals surface area contributed by atoms with Gasteiger partial charge in [0.2, 0.25) is 0 Å². The lowest BCUT2D eigenvalue weighted by atomic mass is 10.0. The minimum Gasteiger partial charge on any atom is -0.498 e. The monoisotopic (exact) mass is 761 g/mol. The maximum Gasteiger partial charge on any atom is 0.472 e. The van der Waals surface area contributed by atoms with E-state index in [9.17, 15) is 14.3 Å². The number of ether oxygens (including phenoxy) is 2. The van der Waals surface area contributed by atoms with E-state index >= 15 is 0 Å². The number of phosphoric ester groups is 1. The van der Waals surface area contributed by atoms with Crippen molar-refractivity contribution >= 4 is 13.8 Å². The summed E-state index contributed by atoms with van der Waals surface area (Å²) in [6.45, 7) is 4.95. The summed E-state index contributed by atoms with van der Waals surface area (Å²) in [6, 6.07) is 0. The molecular formula is C43H87NO7P+. The molecule has 52 heavy (non-hydrogen) atoms. The van der Waals surface area contributed by atoms with Crippen LogP contribution < -0.4 is 0 Å². The molecule has 0 amide bonds. The molecule has 8 nitrogen and oxygen atoms in total. The third-order valence-electron chi connectivity index (χ3n) is 9.67. The molecule has 0 aliphatic carbocycles. The van der Waals surface area contributed by atoms with Gasteiger partial charge < -0.3 is 18.9 Å². The van der Waals surface area contributed by atoms with Gasteiger partial charge in [0.15, 0.2) is 6.10 Å². The highest BCUT2D eigenvalue weighted by Gasteiger charge is 2.26. The molecule has 0 aromatic heterocycles. The van der Waals surface area contributed by atoms with Crippen LogP contribution >= 0.6 is 7.82 Å². The average Bonchev–Trinajstić information content (AvgIpc) is 3.09. The SMILES string of the molecule is CCCCCCCCCCCCCCCCCC/C=C/OC[C@@H](COP(=O)(O)OCC[N+](C)(C)C)OC(=O)CCCCCCCCCCCCCC. The highest BCUT2D eigenvalue weighted by molar-refractivity contribution is 7.47. The van der Waals surface area contributed by atoms with E-state index in [0.717, 1.165) is 32.1 Å². The largest absolute Gasteiger partial charge is 0.498 e. The molecular weight excluding hydrogens is 673 g/mol. The topological polar surface area (TPSA) is 91.3 Å². The number of hydrogen-bond donors (Lipinski definition) is 1. The molecule has 0 saturated heterocycles. The first kappa shape index (κ1) is 51.1. The van der Waals surface area contributed by atoms with Crippen molar-refractivity contribution in [2.24, 2.45) is 0 Å². The number of carbonyl (C=O) groups excluding carboxylic acids is 1. The molecule has 0 bridgehead atoms. The second kappa shape index (κ2) is 37.0. The summed E-state index contributed by atoms with van der Waals surface area (Å²) in [5.74, 6) is -0.333. The number of rotatable bonds is 41. The Morgan fingerprint density at radius 2 is 1.00 bits per heavy atom. The molecule has 0 radical (unpaired) electrons. The standard InChI is InChI=1S/C43H86NO7P/c1-6-8-10-12-14-16-18-20-21-22-23-24-25-27-29-31-33-35-38-48-40-42(41-50-52(46,47)49-39-37-44(3,4)5)51-43(45)36-34-32-30-28-26-19-17-15-13-11-9-7-2/h35,38,42H,6-34,36-37,39-41H2,1-5H3/p+1/b38-35+/t42-/m0/s1. The minimum absolute atomic E-state index is 0.0541. The molecule has 0 heterocycles. The van der Waals surface area contributed by atoms with E-state index in [1.54, 1.807) is 6.26 Å². The van der Waals surface area contributed by atoms with Gasteiger partial charge in [-0.1, -0.05) is 181 Å². The van der Waals surface area contributed by atoms with Crippen LogP contribution in [0.3, 0.4) is 0 Å². The Hall–Kier alpha value is -0.920. The lowest BCUT2D eigenvalue weighted by Crippen LogP contribution is -2.37. The molecule has 310 valence electrons. The van der Waals surface area contributed by atoms with Crippen molar-refractivity contribution in [1.82, 2.24) is 0 Å². The Kier molecular flexibility index (Phi) is 36.4. The van der Waals surface area contributed by atoms with E-state index in [1.807, 2.05) is 27.2 Å². The average molecular weight is 761 g/mol. The fraction of sp³-hybridized carbons (Fsp3) is 0.930. The second-order valence-corrected chi connectivity index (χ2v) is 17.6. The molecule has 9 heteroatoms. The molecule has 0 aromatic carbocycles. The van der Waals surface area contributed by atoms with Crippen molar-refractivity contribution in [3.8, 4) is 0 Å². The van der Waals surface area contributed by atoms with Gasteiger partial charge in [0, 0.05) is 6.42 Å². The molecule has 0 aliphatic rings. The highest BCUT2D eigenvalue weighted by atomic mass is 31.2. The molecule has 0 spiro atoms. The summed E-state index contributed by atoms with van der Waals surface area (Å²) in [4.78, 5) is 22.8. The predicted molar refractivity (Wildman–Crippen MR) is 219 cm³/mol. The van der Waals surface area contributed by atoms with E-state index in [1.165, 1.54) is 154 Å². The first-order chi connectivity index (χ1) is 25.1. The lowest BCUT2D eigenvalue weighted by molar-refractivity contribution is -0.870. The molecule has 0 aromatic rings. The number of quaternary nitrogens is 1. The van der Waals surface area contributed by atoms with Crippen LogP contribution in [0.5, 0.6) is 0 Å². The zero-order valence-electron chi connectivity index (χ0n) is 35.1. The number of carbonyl (C=O) groups is 1. The number of hydrogen-bond acceptors (Lipinski definition) is 6. The number of esters is 1. The fourth-order valence-electron chi connectivity index (χ4n) is 6.23. The van der Waals surface area contributed by atoms with Gasteiger partial charge in [-0.05, 0) is 25.3 Å². The summed E-state index contributed by atoms with van der Waals surface area (Å²) in [6.07, 6.45) is 40.5. The summed E-state index contributed by atoms with van der Waals surface area (Å²) in [7, 11) is 1.65. The van der Waals surface area contributed by atoms with Gasteiger partial charge in [0.05, 0.1) is 34.0 Å². The molecule has 2 atom stereocenters. The van der Waals surface area contributed by atoms with Crippen LogP contribution in [-0.2, 0) is 27.9 Å². The summed E-state index contributed by atoms with van der Waals surface area (Å²) in [5, 5.41) is 0. The summed E-state index contributed by atoms with van der Waals surface area (Å²) in [5.41, 5.74) is 0. The maximum atomic E-state index is 12.6. The zero-order chi connectivity index (χ0) is 38.4. The van der Waals surface area contributed by atoms with Gasteiger partial charge in [-0.2, -0.15) is 0 Å². The quantitative estimate of drug-likeness (QED) is 0.0218. The van der Waals surface area contributed by atoms with Gasteiger partial charge >= 0.3 is 13.8 Å². The van der Waals surface area contributed by atoms with Crippen LogP contribution in [-0.4, -0.2) is 69.0 Å². The number of likely N-dealkylation sites (N-methyl/N-ethyl adjacent to an activating group) is 1. The van der Waals surface area contributed by atoms with Crippen LogP contribution in [0, 0.1) is 0 Å². The second-order valence-electron chi connectivity index (χ2n) is 16.2. The maximum absolute atomic E-state index is 12.6. The Morgan fingerprint density at radius 1 is 0.596 bits per heavy atom. The third-order valence-corrected chi connectivity index (χ3v) is 10.7. The number of phosphoric acid groups is 1. The van der Waals surface area contributed by atoms with Gasteiger partial charge in [-0.3, -0.25) is 13.8 Å². The van der Waals surface area contributed by atoms with Gasteiger partial charge in [0.1, 0.15) is 19.8 Å². The van der Waals surface area contributed by atoms with Crippen molar-refractivity contribution in [3.05, 3.63) is 12.3 Å². The van der Waals surface area contributed by atoms with Gasteiger partial charge in [-0.25, -0.2) is 4.57 Å². The molecule has 0 rings (SSSR count). The molecule has 1 N–H and O–H groups in total. The Labute approximate surface area is 322 Å². The van der Waals surface area contributed by atoms with Gasteiger partial charge in [-0.15, -0.1) is 0 Å². The van der Waals surface area contributed by atoms with Crippen molar-refractivity contribution in [3.63, 3.8) is 0 Å². The summed E-state index contributed by atoms with van der Waals surface area (Å²) < 4.78 is 34.7. The van der Waals surface area contributed by atoms with E-state index < -0.39 is 13.9 Å². The lowest BCUT2D eigenvalue weighted by Gasteiger charge is -2.24. The van der Waals surface area contributed by atoms with E-state index in [2.05, 4.69) is 13.8 Å². The minimum atomic E-state index is -4.28. The highest BCUT2D eigenvalue weighted by Crippen LogP contribution is 2.43. The first-order valence-electron chi connectivity index (χ1n) is 22.0. The third kappa shape index (κ3) is 40.3. The number of unbranched alkanes of at least 4 members (excludes halogenated alkanes) is 27. The molecule has 0 fully saturated rings. The van der Waals surface area contributed by atoms with E-state index in [4.69, 9.17) is 18.5 Å². The molecule has 0 aliphatic heterocycles. The van der Waals surface area contributed by atoms with Crippen LogP contribution in [0.15, 0.2) is 12.3 Å². The van der Waals surface area contributed by atoms with Crippen LogP contribution in [0.2, 0.25) is 0 Å². The van der Waals surface area contributed by atoms with E-state index in [-0.39, 0.29) is 25.8 Å². The van der Waals surface area contributed by atoms with Crippen LogP contribution in [0.1, 0.15) is 206 Å². The zero-order valence-corrected chi connectivity index (χ0v) is 36.0. The Balaban J connectivity index is 4.22. The van der Waals surface area contributed by atoms with Crippen molar-refractivity contribution < 1.29 is 37.3 Å². The van der Waals surface area contributed by atoms with Crippen molar-refractivity contribution in [2.75, 3.05) is 47.5 Å². The number of allylic oxidation sites excluding steroid dienone is 1. The molecule has 1 unspecified atom stereocenters. The predicted octanol–water partition coefficient (Wildman–Crippen LogP) is 13.0. The van der Waals surface area contributed by atoms with Gasteiger partial charge in [0.25, 0.3) is 0 Å². The Morgan fingerprint density at radius 3 is 1.42 bits per heavy atom.